The first-order valence-electron chi connectivity index (χ1n) is 7.62. The summed E-state index contributed by atoms with van der Waals surface area (Å²) in [5.74, 6) is 0.924. The molecule has 1 aliphatic rings. The fourth-order valence-corrected chi connectivity index (χ4v) is 2.88. The lowest BCUT2D eigenvalue weighted by atomic mass is 9.98. The van der Waals surface area contributed by atoms with Crippen LogP contribution in [0.15, 0.2) is 0 Å². The summed E-state index contributed by atoms with van der Waals surface area (Å²) < 4.78 is 0. The number of nitrogens with one attached hydrogen (secondary N) is 1. The Balaban J connectivity index is 2.25. The lowest BCUT2D eigenvalue weighted by molar-refractivity contribution is 0.224. The van der Waals surface area contributed by atoms with Crippen molar-refractivity contribution in [2.75, 3.05) is 20.1 Å². The van der Waals surface area contributed by atoms with Gasteiger partial charge in [0.2, 0.25) is 0 Å². The molecule has 0 radical (unpaired) electrons. The molecule has 102 valence electrons. The third-order valence-corrected chi connectivity index (χ3v) is 4.51. The molecule has 1 fully saturated rings. The van der Waals surface area contributed by atoms with Crippen LogP contribution in [-0.4, -0.2) is 37.1 Å². The molecule has 1 aliphatic carbocycles. The van der Waals surface area contributed by atoms with E-state index in [-0.39, 0.29) is 0 Å². The minimum atomic E-state index is 0.735. The zero-order valence-corrected chi connectivity index (χ0v) is 12.3. The van der Waals surface area contributed by atoms with E-state index in [1.807, 2.05) is 0 Å². The first kappa shape index (κ1) is 15.0. The Morgan fingerprint density at radius 2 is 2.06 bits per heavy atom. The molecule has 17 heavy (non-hydrogen) atoms. The molecule has 1 N–H and O–H groups in total. The summed E-state index contributed by atoms with van der Waals surface area (Å²) in [6.07, 6.45) is 8.17. The fourth-order valence-electron chi connectivity index (χ4n) is 2.88. The Morgan fingerprint density at radius 3 is 2.71 bits per heavy atom. The van der Waals surface area contributed by atoms with Gasteiger partial charge in [-0.15, -0.1) is 0 Å². The minimum Gasteiger partial charge on any atom is -0.314 e. The van der Waals surface area contributed by atoms with Crippen LogP contribution in [0, 0.1) is 5.92 Å². The van der Waals surface area contributed by atoms with Crippen molar-refractivity contribution in [1.29, 1.82) is 0 Å². The van der Waals surface area contributed by atoms with Gasteiger partial charge < -0.3 is 10.2 Å². The Morgan fingerprint density at radius 1 is 1.29 bits per heavy atom. The van der Waals surface area contributed by atoms with Gasteiger partial charge in [0, 0.05) is 12.1 Å². The zero-order chi connectivity index (χ0) is 12.7. The summed E-state index contributed by atoms with van der Waals surface area (Å²) >= 11 is 0. The van der Waals surface area contributed by atoms with Crippen molar-refractivity contribution in [3.63, 3.8) is 0 Å². The molecule has 0 saturated heterocycles. The second-order valence-electron chi connectivity index (χ2n) is 5.78. The lowest BCUT2D eigenvalue weighted by Crippen LogP contribution is -2.36. The first-order valence-corrected chi connectivity index (χ1v) is 7.62. The van der Waals surface area contributed by atoms with Gasteiger partial charge in [0.05, 0.1) is 0 Å². The standard InChI is InChI=1S/C15H32N2/c1-5-11-16-15-9-7-8-14(15)10-12-17(4)13(3)6-2/h13-16H,5-12H2,1-4H3. The number of nitrogens with zero attached hydrogens (tertiary/aromatic N) is 1. The zero-order valence-electron chi connectivity index (χ0n) is 12.3. The van der Waals surface area contributed by atoms with Crippen LogP contribution in [0.2, 0.25) is 0 Å². The van der Waals surface area contributed by atoms with Crippen molar-refractivity contribution < 1.29 is 0 Å². The van der Waals surface area contributed by atoms with Crippen molar-refractivity contribution in [1.82, 2.24) is 10.2 Å². The largest absolute Gasteiger partial charge is 0.314 e. The molecule has 0 amide bonds. The number of rotatable bonds is 8. The maximum Gasteiger partial charge on any atom is 0.00958 e. The van der Waals surface area contributed by atoms with Crippen LogP contribution >= 0.6 is 0 Å². The van der Waals surface area contributed by atoms with Crippen molar-refractivity contribution >= 4 is 0 Å². The summed E-state index contributed by atoms with van der Waals surface area (Å²) in [6, 6.07) is 1.54. The van der Waals surface area contributed by atoms with E-state index in [9.17, 15) is 0 Å². The van der Waals surface area contributed by atoms with Crippen LogP contribution in [0.5, 0.6) is 0 Å². The van der Waals surface area contributed by atoms with E-state index in [1.165, 1.54) is 51.6 Å². The van der Waals surface area contributed by atoms with Gasteiger partial charge in [-0.25, -0.2) is 0 Å². The van der Waals surface area contributed by atoms with Crippen LogP contribution in [0.4, 0.5) is 0 Å². The summed E-state index contributed by atoms with van der Waals surface area (Å²) in [5.41, 5.74) is 0. The van der Waals surface area contributed by atoms with Gasteiger partial charge in [-0.3, -0.25) is 0 Å². The van der Waals surface area contributed by atoms with E-state index >= 15 is 0 Å². The van der Waals surface area contributed by atoms with Crippen molar-refractivity contribution in [3.05, 3.63) is 0 Å². The maximum atomic E-state index is 3.73. The van der Waals surface area contributed by atoms with Gasteiger partial charge in [-0.05, 0) is 65.1 Å². The average Bonchev–Trinajstić information content (AvgIpc) is 2.79. The summed E-state index contributed by atoms with van der Waals surface area (Å²) in [4.78, 5) is 2.52. The molecule has 0 aromatic carbocycles. The fraction of sp³-hybridized carbons (Fsp3) is 1.00. The highest BCUT2D eigenvalue weighted by Gasteiger charge is 2.26. The van der Waals surface area contributed by atoms with Crippen LogP contribution in [-0.2, 0) is 0 Å². The van der Waals surface area contributed by atoms with Crippen LogP contribution in [0.1, 0.15) is 59.3 Å². The molecule has 0 bridgehead atoms. The molecular weight excluding hydrogens is 208 g/mol. The minimum absolute atomic E-state index is 0.735. The van der Waals surface area contributed by atoms with E-state index in [0.717, 1.165) is 18.0 Å². The van der Waals surface area contributed by atoms with Gasteiger partial charge in [-0.2, -0.15) is 0 Å². The molecule has 0 spiro atoms. The predicted molar refractivity (Wildman–Crippen MR) is 76.4 cm³/mol. The molecular formula is C15H32N2. The van der Waals surface area contributed by atoms with Crippen molar-refractivity contribution in [3.8, 4) is 0 Å². The predicted octanol–water partition coefficient (Wildman–Crippen LogP) is 3.28. The molecule has 0 aromatic heterocycles. The second-order valence-corrected chi connectivity index (χ2v) is 5.78. The van der Waals surface area contributed by atoms with E-state index in [4.69, 9.17) is 0 Å². The smallest absolute Gasteiger partial charge is 0.00958 e. The van der Waals surface area contributed by atoms with Gasteiger partial charge in [-0.1, -0.05) is 20.3 Å². The molecule has 0 aliphatic heterocycles. The number of hydrogen-bond donors (Lipinski definition) is 1. The number of hydrogen-bond acceptors (Lipinski definition) is 2. The Kier molecular flexibility index (Phi) is 7.14. The lowest BCUT2D eigenvalue weighted by Gasteiger charge is -2.27. The topological polar surface area (TPSA) is 15.3 Å². The van der Waals surface area contributed by atoms with Gasteiger partial charge in [0.25, 0.3) is 0 Å². The highest BCUT2D eigenvalue weighted by molar-refractivity contribution is 4.83. The second kappa shape index (κ2) is 8.10. The van der Waals surface area contributed by atoms with Gasteiger partial charge >= 0.3 is 0 Å². The average molecular weight is 240 g/mol. The quantitative estimate of drug-likeness (QED) is 0.700. The molecule has 2 nitrogen and oxygen atoms in total. The molecule has 1 saturated carbocycles. The van der Waals surface area contributed by atoms with Crippen LogP contribution in [0.3, 0.4) is 0 Å². The van der Waals surface area contributed by atoms with Gasteiger partial charge in [0.1, 0.15) is 0 Å². The van der Waals surface area contributed by atoms with Crippen LogP contribution in [0.25, 0.3) is 0 Å². The van der Waals surface area contributed by atoms with Crippen molar-refractivity contribution in [2.45, 2.75) is 71.4 Å². The monoisotopic (exact) mass is 240 g/mol. The highest BCUT2D eigenvalue weighted by atomic mass is 15.1. The molecule has 3 unspecified atom stereocenters. The Bertz CT molecular complexity index is 193. The van der Waals surface area contributed by atoms with E-state index < -0.39 is 0 Å². The molecule has 0 aromatic rings. The first-order chi connectivity index (χ1) is 8.19. The molecule has 0 heterocycles. The summed E-state index contributed by atoms with van der Waals surface area (Å²) in [5, 5.41) is 3.73. The SMILES string of the molecule is CCCNC1CCCC1CCN(C)C(C)CC. The third kappa shape index (κ3) is 4.97. The Hall–Kier alpha value is -0.0800. The summed E-state index contributed by atoms with van der Waals surface area (Å²) in [6.45, 7) is 9.34. The van der Waals surface area contributed by atoms with Gasteiger partial charge in [0.15, 0.2) is 0 Å². The van der Waals surface area contributed by atoms with E-state index in [2.05, 4.69) is 38.0 Å². The third-order valence-electron chi connectivity index (χ3n) is 4.51. The van der Waals surface area contributed by atoms with E-state index in [1.54, 1.807) is 0 Å². The maximum absolute atomic E-state index is 3.73. The normalized spacial score (nSPS) is 26.6. The molecule has 1 rings (SSSR count). The van der Waals surface area contributed by atoms with Crippen molar-refractivity contribution in [2.24, 2.45) is 5.92 Å². The molecule has 3 atom stereocenters. The highest BCUT2D eigenvalue weighted by Crippen LogP contribution is 2.28. The molecule has 2 heteroatoms. The van der Waals surface area contributed by atoms with E-state index in [0.29, 0.717) is 0 Å². The Labute approximate surface area is 108 Å². The summed E-state index contributed by atoms with van der Waals surface area (Å²) in [7, 11) is 2.28. The van der Waals surface area contributed by atoms with Crippen LogP contribution < -0.4 is 5.32 Å².